The lowest BCUT2D eigenvalue weighted by Crippen LogP contribution is -2.28. The highest BCUT2D eigenvalue weighted by Crippen LogP contribution is 2.25. The van der Waals surface area contributed by atoms with Crippen LogP contribution in [0.4, 0.5) is 5.69 Å². The van der Waals surface area contributed by atoms with Crippen molar-refractivity contribution in [2.24, 2.45) is 0 Å². The van der Waals surface area contributed by atoms with Crippen LogP contribution in [0, 0.1) is 0 Å². The molecule has 2 aromatic rings. The third-order valence-corrected chi connectivity index (χ3v) is 3.56. The van der Waals surface area contributed by atoms with Crippen molar-refractivity contribution in [2.45, 2.75) is 19.1 Å². The lowest BCUT2D eigenvalue weighted by Gasteiger charge is -2.11. The molecule has 0 amide bonds. The Morgan fingerprint density at radius 2 is 2.10 bits per heavy atom. The molecule has 4 heteroatoms. The van der Waals surface area contributed by atoms with Crippen LogP contribution >= 0.6 is 11.6 Å². The van der Waals surface area contributed by atoms with E-state index in [0.29, 0.717) is 11.4 Å². The molecule has 3 nitrogen and oxygen atoms in total. The standard InChI is InChI=1S/C16H14ClNO2/c17-13-6-3-4-11(8-13)10-20-16(19)15-9-12-5-1-2-7-14(12)18-15/h1-8,15,18H,9-10H2/t15-/m0/s1. The van der Waals surface area contributed by atoms with Gasteiger partial charge in [-0.2, -0.15) is 0 Å². The van der Waals surface area contributed by atoms with Crippen LogP contribution in [0.1, 0.15) is 11.1 Å². The molecule has 20 heavy (non-hydrogen) atoms. The van der Waals surface area contributed by atoms with Crippen LogP contribution in [0.3, 0.4) is 0 Å². The van der Waals surface area contributed by atoms with Gasteiger partial charge >= 0.3 is 5.97 Å². The average molecular weight is 288 g/mol. The fourth-order valence-electron chi connectivity index (χ4n) is 2.32. The van der Waals surface area contributed by atoms with Crippen LogP contribution in [-0.2, 0) is 22.6 Å². The SMILES string of the molecule is O=C(OCc1cccc(Cl)c1)[C@@H]1Cc2ccccc2N1. The summed E-state index contributed by atoms with van der Waals surface area (Å²) in [5.74, 6) is -0.235. The molecule has 2 aromatic carbocycles. The van der Waals surface area contributed by atoms with Crippen molar-refractivity contribution in [1.29, 1.82) is 0 Å². The minimum absolute atomic E-state index is 0.235. The smallest absolute Gasteiger partial charge is 0.329 e. The quantitative estimate of drug-likeness (QED) is 0.879. The number of rotatable bonds is 3. The molecular weight excluding hydrogens is 274 g/mol. The Balaban J connectivity index is 1.59. The number of fused-ring (bicyclic) bond motifs is 1. The van der Waals surface area contributed by atoms with Gasteiger partial charge in [0.1, 0.15) is 12.6 Å². The van der Waals surface area contributed by atoms with Crippen molar-refractivity contribution in [2.75, 3.05) is 5.32 Å². The fourth-order valence-corrected chi connectivity index (χ4v) is 2.53. The van der Waals surface area contributed by atoms with Gasteiger partial charge in [-0.05, 0) is 29.3 Å². The molecule has 0 radical (unpaired) electrons. The number of hydrogen-bond acceptors (Lipinski definition) is 3. The van der Waals surface area contributed by atoms with Gasteiger partial charge in [-0.15, -0.1) is 0 Å². The second-order valence-electron chi connectivity index (χ2n) is 4.80. The highest BCUT2D eigenvalue weighted by atomic mass is 35.5. The number of nitrogens with one attached hydrogen (secondary N) is 1. The van der Waals surface area contributed by atoms with Gasteiger partial charge in [-0.3, -0.25) is 0 Å². The predicted octanol–water partition coefficient (Wildman–Crippen LogP) is 3.42. The number of hydrogen-bond donors (Lipinski definition) is 1. The molecule has 0 aliphatic carbocycles. The van der Waals surface area contributed by atoms with Gasteiger partial charge in [-0.1, -0.05) is 41.9 Å². The van der Waals surface area contributed by atoms with Crippen LogP contribution < -0.4 is 5.32 Å². The zero-order valence-electron chi connectivity index (χ0n) is 10.8. The van der Waals surface area contributed by atoms with E-state index in [1.54, 1.807) is 12.1 Å². The number of halogens is 1. The summed E-state index contributed by atoms with van der Waals surface area (Å²) < 4.78 is 5.34. The molecule has 1 N–H and O–H groups in total. The summed E-state index contributed by atoms with van der Waals surface area (Å²) in [5, 5.41) is 3.82. The summed E-state index contributed by atoms with van der Waals surface area (Å²) in [6.45, 7) is 0.244. The zero-order valence-corrected chi connectivity index (χ0v) is 11.6. The molecule has 0 saturated carbocycles. The van der Waals surface area contributed by atoms with Gasteiger partial charge in [0.05, 0.1) is 0 Å². The largest absolute Gasteiger partial charge is 0.459 e. The minimum Gasteiger partial charge on any atom is -0.459 e. The summed E-state index contributed by atoms with van der Waals surface area (Å²) in [5.41, 5.74) is 3.05. The molecule has 1 heterocycles. The van der Waals surface area contributed by atoms with Crippen LogP contribution in [0.25, 0.3) is 0 Å². The average Bonchev–Trinajstić information content (AvgIpc) is 2.89. The molecule has 0 saturated heterocycles. The molecule has 0 fully saturated rings. The van der Waals surface area contributed by atoms with Crippen molar-refractivity contribution >= 4 is 23.3 Å². The van der Waals surface area contributed by atoms with E-state index >= 15 is 0 Å². The molecule has 1 atom stereocenters. The molecule has 1 aliphatic rings. The van der Waals surface area contributed by atoms with Gasteiger partial charge in [0.15, 0.2) is 0 Å². The Kier molecular flexibility index (Phi) is 3.61. The first-order valence-corrected chi connectivity index (χ1v) is 6.86. The third kappa shape index (κ3) is 2.78. The second-order valence-corrected chi connectivity index (χ2v) is 5.23. The first kappa shape index (κ1) is 13.0. The molecule has 0 bridgehead atoms. The zero-order chi connectivity index (χ0) is 13.9. The number of ether oxygens (including phenoxy) is 1. The summed E-state index contributed by atoms with van der Waals surface area (Å²) in [6.07, 6.45) is 0.671. The van der Waals surface area contributed by atoms with Gasteiger partial charge in [0.2, 0.25) is 0 Å². The van der Waals surface area contributed by atoms with Crippen LogP contribution in [0.5, 0.6) is 0 Å². The van der Waals surface area contributed by atoms with Crippen LogP contribution in [0.15, 0.2) is 48.5 Å². The number of para-hydroxylation sites is 1. The Hall–Kier alpha value is -2.00. The maximum absolute atomic E-state index is 12.1. The van der Waals surface area contributed by atoms with Gasteiger partial charge in [0.25, 0.3) is 0 Å². The third-order valence-electron chi connectivity index (χ3n) is 3.33. The van der Waals surface area contributed by atoms with Gasteiger partial charge in [0, 0.05) is 17.1 Å². The first-order valence-electron chi connectivity index (χ1n) is 6.48. The normalized spacial score (nSPS) is 16.4. The Bertz CT molecular complexity index is 617. The van der Waals surface area contributed by atoms with E-state index in [1.807, 2.05) is 36.4 Å². The maximum Gasteiger partial charge on any atom is 0.329 e. The Morgan fingerprint density at radius 3 is 2.90 bits per heavy atom. The summed E-state index contributed by atoms with van der Waals surface area (Å²) in [7, 11) is 0. The van der Waals surface area contributed by atoms with E-state index in [9.17, 15) is 4.79 Å². The number of esters is 1. The van der Waals surface area contributed by atoms with Crippen molar-refractivity contribution in [3.63, 3.8) is 0 Å². The van der Waals surface area contributed by atoms with E-state index in [0.717, 1.165) is 16.8 Å². The van der Waals surface area contributed by atoms with Crippen molar-refractivity contribution in [3.05, 3.63) is 64.7 Å². The van der Waals surface area contributed by atoms with Crippen molar-refractivity contribution in [1.82, 2.24) is 0 Å². The minimum atomic E-state index is -0.299. The number of anilines is 1. The summed E-state index contributed by atoms with van der Waals surface area (Å²) in [6, 6.07) is 14.9. The molecule has 102 valence electrons. The fraction of sp³-hybridized carbons (Fsp3) is 0.188. The second kappa shape index (κ2) is 5.55. The maximum atomic E-state index is 12.1. The lowest BCUT2D eigenvalue weighted by molar-refractivity contribution is -0.145. The van der Waals surface area contributed by atoms with E-state index < -0.39 is 0 Å². The van der Waals surface area contributed by atoms with Crippen molar-refractivity contribution in [3.8, 4) is 0 Å². The predicted molar refractivity (Wildman–Crippen MR) is 78.8 cm³/mol. The first-order chi connectivity index (χ1) is 9.72. The van der Waals surface area contributed by atoms with E-state index in [4.69, 9.17) is 16.3 Å². The molecule has 0 aromatic heterocycles. The summed E-state index contributed by atoms with van der Waals surface area (Å²) >= 11 is 5.90. The van der Waals surface area contributed by atoms with E-state index in [2.05, 4.69) is 5.32 Å². The molecule has 0 unspecified atom stereocenters. The molecule has 3 rings (SSSR count). The number of carbonyl (C=O) groups excluding carboxylic acids is 1. The molecular formula is C16H14ClNO2. The Labute approximate surface area is 122 Å². The van der Waals surface area contributed by atoms with E-state index in [-0.39, 0.29) is 18.6 Å². The van der Waals surface area contributed by atoms with Gasteiger partial charge < -0.3 is 10.1 Å². The van der Waals surface area contributed by atoms with E-state index in [1.165, 1.54) is 0 Å². The molecule has 0 spiro atoms. The topological polar surface area (TPSA) is 38.3 Å². The Morgan fingerprint density at radius 1 is 1.25 bits per heavy atom. The van der Waals surface area contributed by atoms with Crippen LogP contribution in [-0.4, -0.2) is 12.0 Å². The summed E-state index contributed by atoms with van der Waals surface area (Å²) in [4.78, 5) is 12.1. The van der Waals surface area contributed by atoms with Crippen molar-refractivity contribution < 1.29 is 9.53 Å². The number of carbonyl (C=O) groups is 1. The van der Waals surface area contributed by atoms with Crippen LogP contribution in [0.2, 0.25) is 5.02 Å². The lowest BCUT2D eigenvalue weighted by atomic mass is 10.1. The van der Waals surface area contributed by atoms with Gasteiger partial charge in [-0.25, -0.2) is 4.79 Å². The molecule has 1 aliphatic heterocycles. The number of benzene rings is 2. The monoisotopic (exact) mass is 287 g/mol. The highest BCUT2D eigenvalue weighted by molar-refractivity contribution is 6.30. The highest BCUT2D eigenvalue weighted by Gasteiger charge is 2.27.